The van der Waals surface area contributed by atoms with Crippen molar-refractivity contribution in [3.63, 3.8) is 0 Å². The summed E-state index contributed by atoms with van der Waals surface area (Å²) in [6, 6.07) is 15.1. The molecule has 0 aliphatic heterocycles. The first kappa shape index (κ1) is 18.0. The van der Waals surface area contributed by atoms with Crippen LogP contribution in [-0.4, -0.2) is 4.89 Å². The summed E-state index contributed by atoms with van der Waals surface area (Å²) < 4.78 is 12.8. The first-order valence-electron chi connectivity index (χ1n) is 8.59. The van der Waals surface area contributed by atoms with Crippen LogP contribution in [0.4, 0.5) is 0 Å². The molecule has 0 radical (unpaired) electrons. The van der Waals surface area contributed by atoms with Crippen molar-refractivity contribution in [3.8, 4) is 0 Å². The molecule has 0 heterocycles. The second kappa shape index (κ2) is 8.47. The molecule has 1 N–H and O–H groups in total. The summed E-state index contributed by atoms with van der Waals surface area (Å²) >= 11 is 0. The third kappa shape index (κ3) is 4.80. The summed E-state index contributed by atoms with van der Waals surface area (Å²) in [5.41, 5.74) is 2.45. The predicted octanol–water partition coefficient (Wildman–Crippen LogP) is 4.59. The van der Waals surface area contributed by atoms with Crippen LogP contribution in [0.15, 0.2) is 48.5 Å². The van der Waals surface area contributed by atoms with Gasteiger partial charge in [-0.15, -0.1) is 0 Å². The van der Waals surface area contributed by atoms with Crippen LogP contribution in [0.2, 0.25) is 0 Å². The topological polar surface area (TPSA) is 37.3 Å². The van der Waals surface area contributed by atoms with Gasteiger partial charge in [-0.1, -0.05) is 51.0 Å². The Morgan fingerprint density at radius 2 is 1.09 bits per heavy atom. The average Bonchev–Trinajstić information content (AvgIpc) is 2.59. The third-order valence-electron chi connectivity index (χ3n) is 4.21. The summed E-state index contributed by atoms with van der Waals surface area (Å²) in [6.07, 6.45) is 6.66. The monoisotopic (exact) mass is 330 g/mol. The standard InChI is InChI=1S/C20H27O2P/c1-3-5-7-17-9-13-19(14-10-17)23(21,22)20-15-11-18(12-16-20)8-6-4-2/h9-16H,3-8H2,1-2H3,(H,21,22). The van der Waals surface area contributed by atoms with Crippen LogP contribution in [0.25, 0.3) is 0 Å². The van der Waals surface area contributed by atoms with Crippen LogP contribution in [0.1, 0.15) is 50.7 Å². The summed E-state index contributed by atoms with van der Waals surface area (Å²) in [6.45, 7) is 4.33. The minimum absolute atomic E-state index is 0.513. The quantitative estimate of drug-likeness (QED) is 0.719. The van der Waals surface area contributed by atoms with Gasteiger partial charge in [0.05, 0.1) is 0 Å². The molecule has 124 valence electrons. The third-order valence-corrected chi connectivity index (χ3v) is 6.21. The lowest BCUT2D eigenvalue weighted by atomic mass is 10.1. The van der Waals surface area contributed by atoms with Crippen molar-refractivity contribution in [2.24, 2.45) is 0 Å². The van der Waals surface area contributed by atoms with E-state index < -0.39 is 7.37 Å². The molecule has 23 heavy (non-hydrogen) atoms. The zero-order valence-electron chi connectivity index (χ0n) is 14.2. The molecule has 0 unspecified atom stereocenters. The summed E-state index contributed by atoms with van der Waals surface area (Å²) in [5, 5.41) is 1.03. The van der Waals surface area contributed by atoms with Crippen LogP contribution in [0.3, 0.4) is 0 Å². The molecule has 2 nitrogen and oxygen atoms in total. The molecule has 2 aromatic carbocycles. The van der Waals surface area contributed by atoms with Gasteiger partial charge in [0.25, 0.3) is 7.37 Å². The molecular formula is C20H27O2P. The zero-order valence-corrected chi connectivity index (χ0v) is 15.1. The largest absolute Gasteiger partial charge is 0.338 e. The molecule has 2 rings (SSSR count). The average molecular weight is 330 g/mol. The molecule has 0 bridgehead atoms. The first-order valence-corrected chi connectivity index (χ1v) is 10.3. The van der Waals surface area contributed by atoms with E-state index in [1.807, 2.05) is 24.3 Å². The highest BCUT2D eigenvalue weighted by atomic mass is 31.2. The van der Waals surface area contributed by atoms with E-state index in [2.05, 4.69) is 13.8 Å². The highest BCUT2D eigenvalue weighted by molar-refractivity contribution is 7.73. The number of hydrogen-bond acceptors (Lipinski definition) is 1. The van der Waals surface area contributed by atoms with Gasteiger partial charge in [0.1, 0.15) is 0 Å². The minimum atomic E-state index is -3.49. The van der Waals surface area contributed by atoms with E-state index in [-0.39, 0.29) is 0 Å². The maximum absolute atomic E-state index is 12.8. The predicted molar refractivity (Wildman–Crippen MR) is 99.2 cm³/mol. The summed E-state index contributed by atoms with van der Waals surface area (Å²) in [7, 11) is -3.49. The Hall–Kier alpha value is -1.37. The molecular weight excluding hydrogens is 303 g/mol. The Morgan fingerprint density at radius 1 is 0.739 bits per heavy atom. The van der Waals surface area contributed by atoms with Gasteiger partial charge in [-0.05, 0) is 61.1 Å². The SMILES string of the molecule is CCCCc1ccc(P(=O)(O)c2ccc(CCCC)cc2)cc1. The first-order chi connectivity index (χ1) is 11.1. The van der Waals surface area contributed by atoms with Crippen LogP contribution < -0.4 is 10.6 Å². The lowest BCUT2D eigenvalue weighted by molar-refractivity contribution is 0.501. The molecule has 0 saturated heterocycles. The Morgan fingerprint density at radius 3 is 1.39 bits per heavy atom. The van der Waals surface area contributed by atoms with Crippen LogP contribution in [0, 0.1) is 0 Å². The van der Waals surface area contributed by atoms with E-state index in [0.29, 0.717) is 10.6 Å². The van der Waals surface area contributed by atoms with E-state index >= 15 is 0 Å². The van der Waals surface area contributed by atoms with Gasteiger partial charge >= 0.3 is 0 Å². The van der Waals surface area contributed by atoms with Gasteiger partial charge in [0.15, 0.2) is 0 Å². The summed E-state index contributed by atoms with van der Waals surface area (Å²) in [4.78, 5) is 10.5. The number of unbranched alkanes of at least 4 members (excludes halogenated alkanes) is 2. The number of hydrogen-bond donors (Lipinski definition) is 1. The van der Waals surface area contributed by atoms with Crippen molar-refractivity contribution in [3.05, 3.63) is 59.7 Å². The maximum Gasteiger partial charge on any atom is 0.258 e. The molecule has 3 heteroatoms. The van der Waals surface area contributed by atoms with Crippen molar-refractivity contribution in [2.45, 2.75) is 52.4 Å². The lowest BCUT2D eigenvalue weighted by Crippen LogP contribution is -2.15. The number of rotatable bonds is 8. The van der Waals surface area contributed by atoms with Crippen LogP contribution >= 0.6 is 7.37 Å². The fourth-order valence-electron chi connectivity index (χ4n) is 2.64. The van der Waals surface area contributed by atoms with E-state index in [0.717, 1.165) is 38.5 Å². The van der Waals surface area contributed by atoms with Crippen LogP contribution in [0.5, 0.6) is 0 Å². The highest BCUT2D eigenvalue weighted by Crippen LogP contribution is 2.38. The molecule has 0 amide bonds. The Kier molecular flexibility index (Phi) is 6.62. The van der Waals surface area contributed by atoms with Crippen LogP contribution in [-0.2, 0) is 17.4 Å². The molecule has 0 fully saturated rings. The Bertz CT molecular complexity index is 589. The molecule has 0 saturated carbocycles. The summed E-state index contributed by atoms with van der Waals surface area (Å²) in [5.74, 6) is 0. The molecule has 0 aliphatic carbocycles. The Balaban J connectivity index is 2.15. The second-order valence-electron chi connectivity index (χ2n) is 6.12. The van der Waals surface area contributed by atoms with Crippen molar-refractivity contribution in [2.75, 3.05) is 0 Å². The van der Waals surface area contributed by atoms with E-state index in [1.54, 1.807) is 24.3 Å². The van der Waals surface area contributed by atoms with E-state index in [9.17, 15) is 9.46 Å². The number of aryl methyl sites for hydroxylation is 2. The zero-order chi connectivity index (χ0) is 16.7. The smallest absolute Gasteiger partial charge is 0.258 e. The van der Waals surface area contributed by atoms with Gasteiger partial charge in [-0.2, -0.15) is 0 Å². The minimum Gasteiger partial charge on any atom is -0.338 e. The van der Waals surface area contributed by atoms with Gasteiger partial charge in [0, 0.05) is 10.6 Å². The maximum atomic E-state index is 12.8. The van der Waals surface area contributed by atoms with Gasteiger partial charge in [-0.3, -0.25) is 4.57 Å². The molecule has 0 atom stereocenters. The van der Waals surface area contributed by atoms with Crippen molar-refractivity contribution < 1.29 is 9.46 Å². The van der Waals surface area contributed by atoms with Gasteiger partial charge < -0.3 is 4.89 Å². The van der Waals surface area contributed by atoms with Gasteiger partial charge in [0.2, 0.25) is 0 Å². The van der Waals surface area contributed by atoms with Crippen molar-refractivity contribution in [1.82, 2.24) is 0 Å². The number of benzene rings is 2. The van der Waals surface area contributed by atoms with E-state index in [4.69, 9.17) is 0 Å². The van der Waals surface area contributed by atoms with Gasteiger partial charge in [-0.25, -0.2) is 0 Å². The molecule has 0 aromatic heterocycles. The lowest BCUT2D eigenvalue weighted by Gasteiger charge is -2.13. The van der Waals surface area contributed by atoms with E-state index in [1.165, 1.54) is 11.1 Å². The second-order valence-corrected chi connectivity index (χ2v) is 8.30. The fraction of sp³-hybridized carbons (Fsp3) is 0.400. The fourth-order valence-corrected chi connectivity index (χ4v) is 4.04. The molecule has 0 aliphatic rings. The normalized spacial score (nSPS) is 11.6. The Labute approximate surface area is 140 Å². The molecule has 0 spiro atoms. The van der Waals surface area contributed by atoms with Crippen molar-refractivity contribution in [1.29, 1.82) is 0 Å². The molecule has 2 aromatic rings. The van der Waals surface area contributed by atoms with Crippen molar-refractivity contribution >= 4 is 18.0 Å². The highest BCUT2D eigenvalue weighted by Gasteiger charge is 2.23.